The van der Waals surface area contributed by atoms with Gasteiger partial charge in [0, 0.05) is 18.5 Å². The molecule has 0 spiro atoms. The SMILES string of the molecule is O=C(COc1ccccc1)N(CCCl)C1CCCCC1. The van der Waals surface area contributed by atoms with E-state index in [0.29, 0.717) is 18.5 Å². The molecule has 1 amide bonds. The number of para-hydroxylation sites is 1. The highest BCUT2D eigenvalue weighted by Crippen LogP contribution is 2.23. The average molecular weight is 296 g/mol. The first kappa shape index (κ1) is 15.2. The number of alkyl halides is 1. The second kappa shape index (κ2) is 8.15. The number of hydrogen-bond acceptors (Lipinski definition) is 2. The van der Waals surface area contributed by atoms with Crippen molar-refractivity contribution in [3.05, 3.63) is 30.3 Å². The second-order valence-corrected chi connectivity index (χ2v) is 5.55. The first-order chi connectivity index (χ1) is 9.81. The lowest BCUT2D eigenvalue weighted by Crippen LogP contribution is -2.44. The van der Waals surface area contributed by atoms with Crippen LogP contribution in [-0.2, 0) is 4.79 Å². The first-order valence-corrected chi connectivity index (χ1v) is 7.88. The van der Waals surface area contributed by atoms with Gasteiger partial charge in [0.1, 0.15) is 5.75 Å². The summed E-state index contributed by atoms with van der Waals surface area (Å²) >= 11 is 5.84. The Labute approximate surface area is 125 Å². The number of halogens is 1. The molecule has 1 aromatic rings. The lowest BCUT2D eigenvalue weighted by atomic mass is 9.94. The molecule has 0 aromatic heterocycles. The molecule has 4 heteroatoms. The Kier molecular flexibility index (Phi) is 6.19. The van der Waals surface area contributed by atoms with E-state index in [2.05, 4.69) is 0 Å². The van der Waals surface area contributed by atoms with Crippen LogP contribution in [-0.4, -0.2) is 35.9 Å². The third-order valence-corrected chi connectivity index (χ3v) is 3.94. The van der Waals surface area contributed by atoms with Crippen molar-refractivity contribution >= 4 is 17.5 Å². The zero-order chi connectivity index (χ0) is 14.2. The maximum atomic E-state index is 12.3. The molecule has 0 bridgehead atoms. The maximum absolute atomic E-state index is 12.3. The molecular formula is C16H22ClNO2. The molecule has 0 unspecified atom stereocenters. The highest BCUT2D eigenvalue weighted by atomic mass is 35.5. The second-order valence-electron chi connectivity index (χ2n) is 5.17. The molecule has 0 N–H and O–H groups in total. The third kappa shape index (κ3) is 4.41. The highest BCUT2D eigenvalue weighted by Gasteiger charge is 2.25. The van der Waals surface area contributed by atoms with E-state index in [1.54, 1.807) is 0 Å². The summed E-state index contributed by atoms with van der Waals surface area (Å²) in [6.07, 6.45) is 5.87. The van der Waals surface area contributed by atoms with Gasteiger partial charge in [-0.2, -0.15) is 0 Å². The molecule has 0 aliphatic heterocycles. The van der Waals surface area contributed by atoms with E-state index in [-0.39, 0.29) is 12.5 Å². The molecule has 110 valence electrons. The molecule has 1 aromatic carbocycles. The van der Waals surface area contributed by atoms with Crippen LogP contribution in [0.25, 0.3) is 0 Å². The van der Waals surface area contributed by atoms with Crippen LogP contribution in [0, 0.1) is 0 Å². The Morgan fingerprint density at radius 3 is 2.55 bits per heavy atom. The third-order valence-electron chi connectivity index (χ3n) is 3.77. The summed E-state index contributed by atoms with van der Waals surface area (Å²) in [5, 5.41) is 0. The maximum Gasteiger partial charge on any atom is 0.260 e. The van der Waals surface area contributed by atoms with Gasteiger partial charge in [-0.25, -0.2) is 0 Å². The van der Waals surface area contributed by atoms with Crippen LogP contribution in [0.1, 0.15) is 32.1 Å². The molecule has 20 heavy (non-hydrogen) atoms. The number of hydrogen-bond donors (Lipinski definition) is 0. The monoisotopic (exact) mass is 295 g/mol. The van der Waals surface area contributed by atoms with Gasteiger partial charge in [0.25, 0.3) is 5.91 Å². The minimum atomic E-state index is 0.0430. The van der Waals surface area contributed by atoms with E-state index in [1.165, 1.54) is 19.3 Å². The van der Waals surface area contributed by atoms with Crippen molar-refractivity contribution in [3.63, 3.8) is 0 Å². The van der Waals surface area contributed by atoms with Gasteiger partial charge in [-0.05, 0) is 25.0 Å². The number of carbonyl (C=O) groups excluding carboxylic acids is 1. The van der Waals surface area contributed by atoms with Crippen molar-refractivity contribution in [2.75, 3.05) is 19.0 Å². The van der Waals surface area contributed by atoms with Gasteiger partial charge < -0.3 is 9.64 Å². The summed E-state index contributed by atoms with van der Waals surface area (Å²) in [6.45, 7) is 0.709. The molecule has 0 atom stereocenters. The lowest BCUT2D eigenvalue weighted by Gasteiger charge is -2.34. The summed E-state index contributed by atoms with van der Waals surface area (Å²) < 4.78 is 5.55. The van der Waals surface area contributed by atoms with Gasteiger partial charge in [-0.15, -0.1) is 11.6 Å². The van der Waals surface area contributed by atoms with Crippen molar-refractivity contribution in [3.8, 4) is 5.75 Å². The number of amides is 1. The van der Waals surface area contributed by atoms with E-state index >= 15 is 0 Å². The van der Waals surface area contributed by atoms with Crippen LogP contribution in [0.3, 0.4) is 0 Å². The van der Waals surface area contributed by atoms with Crippen molar-refractivity contribution in [1.29, 1.82) is 0 Å². The van der Waals surface area contributed by atoms with Crippen LogP contribution < -0.4 is 4.74 Å². The molecule has 0 saturated heterocycles. The van der Waals surface area contributed by atoms with E-state index in [9.17, 15) is 4.79 Å². The van der Waals surface area contributed by atoms with Gasteiger partial charge in [0.15, 0.2) is 6.61 Å². The zero-order valence-electron chi connectivity index (χ0n) is 11.8. The molecular weight excluding hydrogens is 274 g/mol. The molecule has 2 rings (SSSR count). The summed E-state index contributed by atoms with van der Waals surface area (Å²) in [7, 11) is 0. The fraction of sp³-hybridized carbons (Fsp3) is 0.562. The van der Waals surface area contributed by atoms with Crippen molar-refractivity contribution in [1.82, 2.24) is 4.90 Å². The molecule has 1 aliphatic rings. The van der Waals surface area contributed by atoms with Crippen LogP contribution in [0.2, 0.25) is 0 Å². The van der Waals surface area contributed by atoms with Crippen molar-refractivity contribution in [2.24, 2.45) is 0 Å². The Bertz CT molecular complexity index is 404. The molecule has 0 radical (unpaired) electrons. The summed E-state index contributed by atoms with van der Waals surface area (Å²) in [6, 6.07) is 9.79. The minimum absolute atomic E-state index is 0.0430. The molecule has 1 fully saturated rings. The van der Waals surface area contributed by atoms with Gasteiger partial charge >= 0.3 is 0 Å². The number of rotatable bonds is 6. The van der Waals surface area contributed by atoms with E-state index in [0.717, 1.165) is 18.6 Å². The number of nitrogens with zero attached hydrogens (tertiary/aromatic N) is 1. The summed E-state index contributed by atoms with van der Waals surface area (Å²) in [5.74, 6) is 1.25. The topological polar surface area (TPSA) is 29.5 Å². The fourth-order valence-electron chi connectivity index (χ4n) is 2.74. The fourth-order valence-corrected chi connectivity index (χ4v) is 2.92. The number of benzene rings is 1. The normalized spacial score (nSPS) is 15.8. The largest absolute Gasteiger partial charge is 0.484 e. The van der Waals surface area contributed by atoms with Gasteiger partial charge in [0.2, 0.25) is 0 Å². The quantitative estimate of drug-likeness (QED) is 0.752. The Hall–Kier alpha value is -1.22. The van der Waals surface area contributed by atoms with Crippen LogP contribution >= 0.6 is 11.6 Å². The highest BCUT2D eigenvalue weighted by molar-refractivity contribution is 6.18. The smallest absolute Gasteiger partial charge is 0.260 e. The summed E-state index contributed by atoms with van der Waals surface area (Å²) in [5.41, 5.74) is 0. The van der Waals surface area contributed by atoms with Gasteiger partial charge in [-0.3, -0.25) is 4.79 Å². The van der Waals surface area contributed by atoms with Crippen molar-refractivity contribution in [2.45, 2.75) is 38.1 Å². The Morgan fingerprint density at radius 1 is 1.20 bits per heavy atom. The Balaban J connectivity index is 1.89. The van der Waals surface area contributed by atoms with E-state index in [4.69, 9.17) is 16.3 Å². The van der Waals surface area contributed by atoms with Crippen LogP contribution in [0.15, 0.2) is 30.3 Å². The zero-order valence-corrected chi connectivity index (χ0v) is 12.5. The Morgan fingerprint density at radius 2 is 1.90 bits per heavy atom. The average Bonchev–Trinajstić information content (AvgIpc) is 2.52. The van der Waals surface area contributed by atoms with Crippen LogP contribution in [0.5, 0.6) is 5.75 Å². The predicted molar refractivity (Wildman–Crippen MR) is 81.2 cm³/mol. The number of carbonyl (C=O) groups is 1. The van der Waals surface area contributed by atoms with Crippen LogP contribution in [0.4, 0.5) is 0 Å². The summed E-state index contributed by atoms with van der Waals surface area (Å²) in [4.78, 5) is 14.3. The first-order valence-electron chi connectivity index (χ1n) is 7.34. The lowest BCUT2D eigenvalue weighted by molar-refractivity contribution is -0.136. The standard InChI is InChI=1S/C16H22ClNO2/c17-11-12-18(14-7-3-1-4-8-14)16(19)13-20-15-9-5-2-6-10-15/h2,5-6,9-10,14H,1,3-4,7-8,11-13H2. The van der Waals surface area contributed by atoms with E-state index in [1.807, 2.05) is 35.2 Å². The molecule has 1 aliphatic carbocycles. The van der Waals surface area contributed by atoms with Crippen molar-refractivity contribution < 1.29 is 9.53 Å². The van der Waals surface area contributed by atoms with Gasteiger partial charge in [-0.1, -0.05) is 37.5 Å². The van der Waals surface area contributed by atoms with E-state index < -0.39 is 0 Å². The number of ether oxygens (including phenoxy) is 1. The predicted octanol–water partition coefficient (Wildman–Crippen LogP) is 3.47. The minimum Gasteiger partial charge on any atom is -0.484 e. The van der Waals surface area contributed by atoms with Gasteiger partial charge in [0.05, 0.1) is 0 Å². The molecule has 3 nitrogen and oxygen atoms in total. The molecule has 1 saturated carbocycles. The molecule has 0 heterocycles.